The van der Waals surface area contributed by atoms with Crippen molar-refractivity contribution < 1.29 is 19.1 Å². The van der Waals surface area contributed by atoms with Gasteiger partial charge in [-0.25, -0.2) is 14.4 Å². The maximum absolute atomic E-state index is 12.7. The van der Waals surface area contributed by atoms with Crippen molar-refractivity contribution >= 4 is 29.4 Å². The molecule has 0 fully saturated rings. The molecular formula is C24H25N5O4. The highest BCUT2D eigenvalue weighted by atomic mass is 16.5. The SMILES string of the molecule is CCCN1C(=O)N[C@H](c2cccc(NC(=O)Nc3cccc(C#N)c3)c2)C(C(=O)OC)=C1C. The Labute approximate surface area is 192 Å². The van der Waals surface area contributed by atoms with Gasteiger partial charge in [0.25, 0.3) is 0 Å². The standard InChI is InChI=1S/C24H25N5O4/c1-4-11-29-15(2)20(22(30)33-3)21(28-24(29)32)17-8-6-10-19(13-17)27-23(31)26-18-9-5-7-16(12-18)14-25/h5-10,12-13,21H,4,11H2,1-3H3,(H,28,32)(H2,26,27,31)/t21-/m1/s1. The Morgan fingerprint density at radius 1 is 1.15 bits per heavy atom. The second kappa shape index (κ2) is 10.3. The Bertz CT molecular complexity index is 1150. The van der Waals surface area contributed by atoms with E-state index in [4.69, 9.17) is 10.00 Å². The Balaban J connectivity index is 1.85. The highest BCUT2D eigenvalue weighted by Gasteiger charge is 2.36. The Kier molecular flexibility index (Phi) is 7.31. The fourth-order valence-electron chi connectivity index (χ4n) is 3.65. The van der Waals surface area contributed by atoms with Crippen LogP contribution in [-0.4, -0.2) is 36.6 Å². The molecule has 0 unspecified atom stereocenters. The zero-order chi connectivity index (χ0) is 24.0. The van der Waals surface area contributed by atoms with Gasteiger partial charge in [-0.1, -0.05) is 25.1 Å². The third kappa shape index (κ3) is 5.30. The van der Waals surface area contributed by atoms with E-state index in [0.29, 0.717) is 40.3 Å². The predicted molar refractivity (Wildman–Crippen MR) is 123 cm³/mol. The molecule has 3 rings (SSSR count). The molecule has 0 saturated heterocycles. The van der Waals surface area contributed by atoms with E-state index in [1.807, 2.05) is 13.0 Å². The van der Waals surface area contributed by atoms with E-state index < -0.39 is 18.0 Å². The minimum absolute atomic E-state index is 0.305. The molecule has 9 nitrogen and oxygen atoms in total. The number of hydrogen-bond donors (Lipinski definition) is 3. The number of esters is 1. The summed E-state index contributed by atoms with van der Waals surface area (Å²) in [4.78, 5) is 39.2. The number of nitrogens with one attached hydrogen (secondary N) is 3. The summed E-state index contributed by atoms with van der Waals surface area (Å²) in [6.45, 7) is 4.14. The van der Waals surface area contributed by atoms with Crippen LogP contribution >= 0.6 is 0 Å². The molecule has 3 N–H and O–H groups in total. The Morgan fingerprint density at radius 3 is 2.45 bits per heavy atom. The van der Waals surface area contributed by atoms with Crippen molar-refractivity contribution in [1.82, 2.24) is 10.2 Å². The van der Waals surface area contributed by atoms with Gasteiger partial charge in [0.05, 0.1) is 30.4 Å². The maximum atomic E-state index is 12.7. The first-order valence-corrected chi connectivity index (χ1v) is 10.4. The number of allylic oxidation sites excluding steroid dienone is 1. The van der Waals surface area contributed by atoms with Gasteiger partial charge in [-0.15, -0.1) is 0 Å². The van der Waals surface area contributed by atoms with Crippen LogP contribution in [-0.2, 0) is 9.53 Å². The Morgan fingerprint density at radius 2 is 1.82 bits per heavy atom. The summed E-state index contributed by atoms with van der Waals surface area (Å²) < 4.78 is 4.98. The minimum atomic E-state index is -0.727. The van der Waals surface area contributed by atoms with Gasteiger partial charge in [-0.2, -0.15) is 5.26 Å². The average molecular weight is 447 g/mol. The van der Waals surface area contributed by atoms with Gasteiger partial charge in [0.15, 0.2) is 0 Å². The van der Waals surface area contributed by atoms with E-state index in [2.05, 4.69) is 16.0 Å². The smallest absolute Gasteiger partial charge is 0.337 e. The molecule has 33 heavy (non-hydrogen) atoms. The predicted octanol–water partition coefficient (Wildman–Crippen LogP) is 4.13. The van der Waals surface area contributed by atoms with Crippen LogP contribution in [0.5, 0.6) is 0 Å². The molecule has 1 aliphatic heterocycles. The van der Waals surface area contributed by atoms with E-state index in [1.54, 1.807) is 55.5 Å². The van der Waals surface area contributed by atoms with E-state index in [-0.39, 0.29) is 6.03 Å². The molecule has 1 aliphatic rings. The average Bonchev–Trinajstić information content (AvgIpc) is 2.81. The third-order valence-electron chi connectivity index (χ3n) is 5.18. The molecule has 0 aromatic heterocycles. The molecule has 0 aliphatic carbocycles. The van der Waals surface area contributed by atoms with Gasteiger partial charge in [-0.3, -0.25) is 4.90 Å². The largest absolute Gasteiger partial charge is 0.466 e. The number of nitriles is 1. The molecule has 9 heteroatoms. The van der Waals surface area contributed by atoms with Gasteiger partial charge in [-0.05, 0) is 49.2 Å². The highest BCUT2D eigenvalue weighted by Crippen LogP contribution is 2.32. The molecule has 4 amide bonds. The number of urea groups is 2. The summed E-state index contributed by atoms with van der Waals surface area (Å²) in [5.41, 5.74) is 2.85. The first kappa shape index (κ1) is 23.3. The minimum Gasteiger partial charge on any atom is -0.466 e. The summed E-state index contributed by atoms with van der Waals surface area (Å²) in [5.74, 6) is -0.535. The normalized spacial score (nSPS) is 15.4. The van der Waals surface area contributed by atoms with Crippen molar-refractivity contribution in [2.24, 2.45) is 0 Å². The van der Waals surface area contributed by atoms with Crippen molar-refractivity contribution in [2.75, 3.05) is 24.3 Å². The molecule has 2 aromatic carbocycles. The summed E-state index contributed by atoms with van der Waals surface area (Å²) in [6, 6.07) is 13.9. The number of hydrogen-bond acceptors (Lipinski definition) is 5. The van der Waals surface area contributed by atoms with E-state index >= 15 is 0 Å². The molecule has 1 atom stereocenters. The van der Waals surface area contributed by atoms with Crippen LogP contribution in [0, 0.1) is 11.3 Å². The van der Waals surface area contributed by atoms with Crippen LogP contribution in [0.3, 0.4) is 0 Å². The van der Waals surface area contributed by atoms with Crippen molar-refractivity contribution in [2.45, 2.75) is 26.3 Å². The summed E-state index contributed by atoms with van der Waals surface area (Å²) in [7, 11) is 1.30. The van der Waals surface area contributed by atoms with Crippen LogP contribution in [0.2, 0.25) is 0 Å². The second-order valence-electron chi connectivity index (χ2n) is 7.42. The summed E-state index contributed by atoms with van der Waals surface area (Å²) in [6.07, 6.45) is 0.732. The fraction of sp³-hybridized carbons (Fsp3) is 0.250. The van der Waals surface area contributed by atoms with Crippen LogP contribution in [0.25, 0.3) is 0 Å². The third-order valence-corrected chi connectivity index (χ3v) is 5.18. The number of anilines is 2. The number of amides is 4. The molecule has 1 heterocycles. The van der Waals surface area contributed by atoms with Crippen molar-refractivity contribution in [3.8, 4) is 6.07 Å². The number of nitrogens with zero attached hydrogens (tertiary/aromatic N) is 2. The van der Waals surface area contributed by atoms with E-state index in [1.165, 1.54) is 12.0 Å². The quantitative estimate of drug-likeness (QED) is 0.575. The monoisotopic (exact) mass is 447 g/mol. The second-order valence-corrected chi connectivity index (χ2v) is 7.42. The Hall–Kier alpha value is -4.32. The number of methoxy groups -OCH3 is 1. The molecule has 170 valence electrons. The van der Waals surface area contributed by atoms with Gasteiger partial charge < -0.3 is 20.7 Å². The fourth-order valence-corrected chi connectivity index (χ4v) is 3.65. The van der Waals surface area contributed by atoms with Crippen molar-refractivity contribution in [1.29, 1.82) is 5.26 Å². The zero-order valence-electron chi connectivity index (χ0n) is 18.6. The maximum Gasteiger partial charge on any atom is 0.337 e. The first-order valence-electron chi connectivity index (χ1n) is 10.4. The zero-order valence-corrected chi connectivity index (χ0v) is 18.6. The summed E-state index contributed by atoms with van der Waals surface area (Å²) >= 11 is 0. The molecule has 0 radical (unpaired) electrons. The van der Waals surface area contributed by atoms with Gasteiger partial charge >= 0.3 is 18.0 Å². The molecule has 0 bridgehead atoms. The lowest BCUT2D eigenvalue weighted by Gasteiger charge is -2.35. The van der Waals surface area contributed by atoms with Crippen LogP contribution in [0.4, 0.5) is 21.0 Å². The van der Waals surface area contributed by atoms with Gasteiger partial charge in [0.1, 0.15) is 0 Å². The molecule has 0 spiro atoms. The number of carbonyl (C=O) groups is 3. The van der Waals surface area contributed by atoms with Crippen LogP contribution in [0.1, 0.15) is 37.4 Å². The van der Waals surface area contributed by atoms with E-state index in [0.717, 1.165) is 6.42 Å². The van der Waals surface area contributed by atoms with Crippen molar-refractivity contribution in [3.05, 3.63) is 70.9 Å². The summed E-state index contributed by atoms with van der Waals surface area (Å²) in [5, 5.41) is 17.3. The van der Waals surface area contributed by atoms with Crippen LogP contribution < -0.4 is 16.0 Å². The number of carbonyl (C=O) groups excluding carboxylic acids is 3. The lowest BCUT2D eigenvalue weighted by atomic mass is 9.94. The highest BCUT2D eigenvalue weighted by molar-refractivity contribution is 6.00. The topological polar surface area (TPSA) is 124 Å². The van der Waals surface area contributed by atoms with Crippen LogP contribution in [0.15, 0.2) is 59.8 Å². The molecular weight excluding hydrogens is 422 g/mol. The lowest BCUT2D eigenvalue weighted by molar-refractivity contribution is -0.136. The van der Waals surface area contributed by atoms with Crippen molar-refractivity contribution in [3.63, 3.8) is 0 Å². The number of ether oxygens (including phenoxy) is 1. The number of benzene rings is 2. The van der Waals surface area contributed by atoms with Gasteiger partial charge in [0, 0.05) is 23.6 Å². The molecule has 2 aromatic rings. The molecule has 0 saturated carbocycles. The first-order chi connectivity index (χ1) is 15.9. The lowest BCUT2D eigenvalue weighted by Crippen LogP contribution is -2.48. The van der Waals surface area contributed by atoms with Gasteiger partial charge in [0.2, 0.25) is 0 Å². The van der Waals surface area contributed by atoms with E-state index in [9.17, 15) is 14.4 Å². The number of rotatable bonds is 6.